The molecule has 0 unspecified atom stereocenters. The maximum atomic E-state index is 6.45. The Morgan fingerprint density at radius 1 is 0.767 bits per heavy atom. The molecule has 43 heavy (non-hydrogen) atoms. The fourth-order valence-corrected chi connectivity index (χ4v) is 5.37. The first-order valence-electron chi connectivity index (χ1n) is 15.9. The van der Waals surface area contributed by atoms with Gasteiger partial charge >= 0.3 is 0 Å². The van der Waals surface area contributed by atoms with Crippen LogP contribution in [0.3, 0.4) is 0 Å². The van der Waals surface area contributed by atoms with E-state index in [1.54, 1.807) is 0 Å². The van der Waals surface area contributed by atoms with E-state index in [0.29, 0.717) is 0 Å². The maximum Gasteiger partial charge on any atom is 0.203 e. The average molecular weight is 580 g/mol. The van der Waals surface area contributed by atoms with Gasteiger partial charge in [0.1, 0.15) is 36.1 Å². The van der Waals surface area contributed by atoms with Crippen molar-refractivity contribution in [3.8, 4) is 17.1 Å². The second-order valence-corrected chi connectivity index (χ2v) is 13.2. The van der Waals surface area contributed by atoms with Crippen molar-refractivity contribution in [2.75, 3.05) is 31.1 Å². The van der Waals surface area contributed by atoms with Gasteiger partial charge in [0, 0.05) is 52.9 Å². The van der Waals surface area contributed by atoms with E-state index >= 15 is 0 Å². The third-order valence-electron chi connectivity index (χ3n) is 8.07. The molecule has 2 heterocycles. The van der Waals surface area contributed by atoms with Gasteiger partial charge in [-0.1, -0.05) is 71.9 Å². The van der Waals surface area contributed by atoms with E-state index in [1.807, 2.05) is 0 Å². The second kappa shape index (κ2) is 13.2. The SMILES string of the molecule is CCN(CC)c1ccc2c(c1)OC(C(C)(C)C)=CC2=CC=CC=Cc1cc(C(C)(C)C)oc2cc(=[N+](CC)CC)ccc1-2. The summed E-state index contributed by atoms with van der Waals surface area (Å²) < 4.78 is 15.3. The van der Waals surface area contributed by atoms with Crippen LogP contribution >= 0.6 is 0 Å². The Bertz CT molecular complexity index is 1590. The van der Waals surface area contributed by atoms with Crippen LogP contribution in [0.1, 0.15) is 86.1 Å². The van der Waals surface area contributed by atoms with E-state index in [9.17, 15) is 0 Å². The molecule has 4 nitrogen and oxygen atoms in total. The molecule has 4 rings (SSSR count). The molecule has 0 spiro atoms. The number of nitrogens with zero attached hydrogens (tertiary/aromatic N) is 2. The van der Waals surface area contributed by atoms with E-state index in [1.165, 1.54) is 11.0 Å². The Balaban J connectivity index is 1.70. The lowest BCUT2D eigenvalue weighted by Gasteiger charge is -2.30. The minimum absolute atomic E-state index is 0.0963. The van der Waals surface area contributed by atoms with Crippen molar-refractivity contribution < 1.29 is 9.15 Å². The lowest BCUT2D eigenvalue weighted by atomic mass is 9.89. The summed E-state index contributed by atoms with van der Waals surface area (Å²) in [6.07, 6.45) is 12.9. The van der Waals surface area contributed by atoms with Crippen LogP contribution < -0.4 is 19.6 Å². The zero-order valence-electron chi connectivity index (χ0n) is 28.0. The zero-order chi connectivity index (χ0) is 31.4. The summed E-state index contributed by atoms with van der Waals surface area (Å²) in [7, 11) is 0. The number of allylic oxidation sites excluding steroid dienone is 7. The molecule has 0 radical (unpaired) electrons. The Morgan fingerprint density at radius 3 is 2.09 bits per heavy atom. The number of rotatable bonds is 8. The molecule has 1 aromatic carbocycles. The molecule has 1 aliphatic carbocycles. The molecular weight excluding hydrogens is 528 g/mol. The molecule has 0 N–H and O–H groups in total. The number of anilines is 1. The van der Waals surface area contributed by atoms with Crippen molar-refractivity contribution in [1.82, 2.24) is 4.58 Å². The molecule has 0 atom stereocenters. The first-order chi connectivity index (χ1) is 20.4. The van der Waals surface area contributed by atoms with E-state index < -0.39 is 0 Å². The van der Waals surface area contributed by atoms with Crippen LogP contribution in [0.25, 0.3) is 23.0 Å². The predicted molar refractivity (Wildman–Crippen MR) is 185 cm³/mol. The van der Waals surface area contributed by atoms with Crippen molar-refractivity contribution >= 4 is 17.3 Å². The second-order valence-electron chi connectivity index (χ2n) is 13.2. The molecule has 1 aromatic rings. The van der Waals surface area contributed by atoms with Gasteiger partial charge in [-0.3, -0.25) is 0 Å². The van der Waals surface area contributed by atoms with Crippen molar-refractivity contribution in [3.05, 3.63) is 101 Å². The van der Waals surface area contributed by atoms with Gasteiger partial charge in [-0.25, -0.2) is 4.58 Å². The van der Waals surface area contributed by atoms with Crippen LogP contribution in [0.2, 0.25) is 0 Å². The van der Waals surface area contributed by atoms with Gasteiger partial charge < -0.3 is 14.1 Å². The Morgan fingerprint density at radius 2 is 1.47 bits per heavy atom. The summed E-state index contributed by atoms with van der Waals surface area (Å²) in [5.41, 5.74) is 5.55. The fourth-order valence-electron chi connectivity index (χ4n) is 5.37. The quantitative estimate of drug-likeness (QED) is 0.197. The summed E-state index contributed by atoms with van der Waals surface area (Å²) >= 11 is 0. The molecule has 2 aliphatic heterocycles. The average Bonchev–Trinajstić information content (AvgIpc) is 2.96. The van der Waals surface area contributed by atoms with Crippen LogP contribution in [-0.4, -0.2) is 26.2 Å². The molecule has 0 bridgehead atoms. The van der Waals surface area contributed by atoms with Crippen LogP contribution in [0.15, 0.2) is 83.0 Å². The Labute approximate surface area is 259 Å². The number of hydrogen-bond donors (Lipinski definition) is 0. The van der Waals surface area contributed by atoms with Crippen molar-refractivity contribution in [2.24, 2.45) is 5.41 Å². The monoisotopic (exact) mass is 579 g/mol. The largest absolute Gasteiger partial charge is 0.460 e. The summed E-state index contributed by atoms with van der Waals surface area (Å²) in [5, 5.41) is 1.19. The van der Waals surface area contributed by atoms with Gasteiger partial charge in [0.25, 0.3) is 0 Å². The molecule has 0 saturated carbocycles. The topological polar surface area (TPSA) is 28.6 Å². The highest BCUT2D eigenvalue weighted by molar-refractivity contribution is 5.82. The van der Waals surface area contributed by atoms with E-state index in [2.05, 4.69) is 158 Å². The molecule has 0 aromatic heterocycles. The molecule has 4 heteroatoms. The van der Waals surface area contributed by atoms with E-state index in [0.717, 1.165) is 71.5 Å². The summed E-state index contributed by atoms with van der Waals surface area (Å²) in [6.45, 7) is 25.8. The number of benzene rings is 2. The van der Waals surface area contributed by atoms with Gasteiger partial charge in [-0.05, 0) is 69.2 Å². The van der Waals surface area contributed by atoms with E-state index in [4.69, 9.17) is 9.15 Å². The van der Waals surface area contributed by atoms with Crippen LogP contribution in [0, 0.1) is 5.41 Å². The van der Waals surface area contributed by atoms with Gasteiger partial charge in [0.2, 0.25) is 5.36 Å². The molecule has 0 amide bonds. The third kappa shape index (κ3) is 7.41. The third-order valence-corrected chi connectivity index (χ3v) is 8.07. The van der Waals surface area contributed by atoms with Crippen molar-refractivity contribution in [2.45, 2.75) is 74.7 Å². The summed E-state index contributed by atoms with van der Waals surface area (Å²) in [5.74, 6) is 3.80. The normalized spacial score (nSPS) is 14.8. The highest BCUT2D eigenvalue weighted by Gasteiger charge is 2.26. The zero-order valence-corrected chi connectivity index (χ0v) is 28.0. The first kappa shape index (κ1) is 32.1. The summed E-state index contributed by atoms with van der Waals surface area (Å²) in [6, 6.07) is 15.3. The minimum atomic E-state index is -0.0963. The highest BCUT2D eigenvalue weighted by atomic mass is 16.5. The van der Waals surface area contributed by atoms with Gasteiger partial charge in [0.15, 0.2) is 0 Å². The molecule has 3 aliphatic rings. The lowest BCUT2D eigenvalue weighted by Crippen LogP contribution is -2.29. The van der Waals surface area contributed by atoms with Gasteiger partial charge in [-0.15, -0.1) is 0 Å². The van der Waals surface area contributed by atoms with Crippen molar-refractivity contribution in [3.63, 3.8) is 0 Å². The smallest absolute Gasteiger partial charge is 0.203 e. The molecule has 228 valence electrons. The molecule has 0 saturated heterocycles. The van der Waals surface area contributed by atoms with Gasteiger partial charge in [0.05, 0.1) is 6.07 Å². The van der Waals surface area contributed by atoms with E-state index in [-0.39, 0.29) is 10.8 Å². The number of ether oxygens (including phenoxy) is 1. The molecule has 0 fully saturated rings. The van der Waals surface area contributed by atoms with Crippen molar-refractivity contribution in [1.29, 1.82) is 0 Å². The van der Waals surface area contributed by atoms with Crippen LogP contribution in [-0.2, 0) is 5.41 Å². The maximum absolute atomic E-state index is 6.45. The van der Waals surface area contributed by atoms with Crippen LogP contribution in [0.5, 0.6) is 5.75 Å². The highest BCUT2D eigenvalue weighted by Crippen LogP contribution is 2.41. The predicted octanol–water partition coefficient (Wildman–Crippen LogP) is 9.32. The number of fused-ring (bicyclic) bond motifs is 2. The Kier molecular flexibility index (Phi) is 9.89. The Hall–Kier alpha value is -3.79. The molecular formula is C39H51N2O2+. The standard InChI is InChI=1S/C39H51N2O2/c1-11-40(12-2)30-20-22-32-28(24-36(38(5,6)7)42-34(32)26-30)18-16-15-17-19-29-25-37(39(8,9)10)43-35-27-31(21-23-33(29)35)41(13-3)14-4/h15-27H,11-14H2,1-10H3/q+1. The number of hydrogen-bond acceptors (Lipinski definition) is 3. The first-order valence-corrected chi connectivity index (χ1v) is 15.9. The van der Waals surface area contributed by atoms with Gasteiger partial charge in [-0.2, -0.15) is 0 Å². The lowest BCUT2D eigenvalue weighted by molar-refractivity contribution is 0.291. The minimum Gasteiger partial charge on any atom is -0.460 e. The summed E-state index contributed by atoms with van der Waals surface area (Å²) in [4.78, 5) is 2.35. The fraction of sp³-hybridized carbons (Fsp3) is 0.410. The van der Waals surface area contributed by atoms with Crippen LogP contribution in [0.4, 0.5) is 5.69 Å².